The molecule has 1 aromatic carbocycles. The van der Waals surface area contributed by atoms with E-state index in [-0.39, 0.29) is 11.9 Å². The van der Waals surface area contributed by atoms with Crippen molar-refractivity contribution in [1.29, 1.82) is 5.26 Å². The van der Waals surface area contributed by atoms with Gasteiger partial charge in [0.15, 0.2) is 0 Å². The number of nitrogens with zero attached hydrogens (tertiary/aromatic N) is 2. The third kappa shape index (κ3) is 5.60. The SMILES string of the molecule is N#CCN(SC(Cl)(Cl)C(F)(Cl)Cl)S(=O)(=O)Cc1ccccc1. The highest BCUT2D eigenvalue weighted by Gasteiger charge is 2.51. The Morgan fingerprint density at radius 3 is 2.23 bits per heavy atom. The summed E-state index contributed by atoms with van der Waals surface area (Å²) in [7, 11) is -4.01. The van der Waals surface area contributed by atoms with Crippen molar-refractivity contribution in [1.82, 2.24) is 3.71 Å². The van der Waals surface area contributed by atoms with E-state index in [1.165, 1.54) is 0 Å². The number of sulfonamides is 1. The minimum atomic E-state index is -4.01. The van der Waals surface area contributed by atoms with Gasteiger partial charge in [-0.25, -0.2) is 12.8 Å². The van der Waals surface area contributed by atoms with Crippen molar-refractivity contribution >= 4 is 68.4 Å². The average Bonchev–Trinajstić information content (AvgIpc) is 2.37. The highest BCUT2D eigenvalue weighted by atomic mass is 35.5. The lowest BCUT2D eigenvalue weighted by molar-refractivity contribution is 0.399. The first-order valence-corrected chi connectivity index (χ1v) is 9.44. The van der Waals surface area contributed by atoms with Crippen LogP contribution in [0, 0.1) is 11.3 Å². The molecule has 0 aliphatic rings. The lowest BCUT2D eigenvalue weighted by atomic mass is 10.2. The Kier molecular flexibility index (Phi) is 7.09. The number of benzene rings is 1. The van der Waals surface area contributed by atoms with Crippen LogP contribution in [0.5, 0.6) is 0 Å². The molecule has 0 atom stereocenters. The van der Waals surface area contributed by atoms with Crippen molar-refractivity contribution in [3.05, 3.63) is 35.9 Å². The quantitative estimate of drug-likeness (QED) is 0.372. The Labute approximate surface area is 152 Å². The van der Waals surface area contributed by atoms with Gasteiger partial charge < -0.3 is 0 Å². The standard InChI is InChI=1S/C11H9Cl4FN2O2S2/c12-10(13,16)11(14,15)21-18(7-6-17)22(19,20)8-9-4-2-1-3-5-9/h1-5H,7-8H2. The minimum Gasteiger partial charge on any atom is -0.211 e. The number of hydrogen-bond donors (Lipinski definition) is 0. The summed E-state index contributed by atoms with van der Waals surface area (Å²) in [6.45, 7) is -0.606. The van der Waals surface area contributed by atoms with Crippen molar-refractivity contribution in [2.24, 2.45) is 0 Å². The van der Waals surface area contributed by atoms with Crippen LogP contribution in [-0.2, 0) is 15.8 Å². The van der Waals surface area contributed by atoms with E-state index in [1.54, 1.807) is 36.4 Å². The van der Waals surface area contributed by atoms with E-state index >= 15 is 0 Å². The fourth-order valence-corrected chi connectivity index (χ4v) is 4.68. The fourth-order valence-electron chi connectivity index (χ4n) is 1.28. The van der Waals surface area contributed by atoms with E-state index in [0.717, 1.165) is 0 Å². The number of nitriles is 1. The van der Waals surface area contributed by atoms with Crippen molar-refractivity contribution in [3.63, 3.8) is 0 Å². The molecular formula is C11H9Cl4FN2O2S2. The Morgan fingerprint density at radius 2 is 1.77 bits per heavy atom. The van der Waals surface area contributed by atoms with E-state index in [0.29, 0.717) is 9.27 Å². The molecule has 0 spiro atoms. The number of hydrogen-bond acceptors (Lipinski definition) is 4. The average molecular weight is 426 g/mol. The molecule has 0 saturated heterocycles. The van der Waals surface area contributed by atoms with Gasteiger partial charge in [-0.05, 0) is 17.5 Å². The summed E-state index contributed by atoms with van der Waals surface area (Å²) in [5.74, 6) is -0.420. The van der Waals surface area contributed by atoms with Crippen molar-refractivity contribution < 1.29 is 12.8 Å². The first-order chi connectivity index (χ1) is 9.99. The van der Waals surface area contributed by atoms with Gasteiger partial charge in [-0.1, -0.05) is 76.7 Å². The molecule has 0 fully saturated rings. The van der Waals surface area contributed by atoms with Gasteiger partial charge >= 0.3 is 4.59 Å². The van der Waals surface area contributed by atoms with E-state index in [4.69, 9.17) is 51.7 Å². The van der Waals surface area contributed by atoms with Crippen LogP contribution in [0.15, 0.2) is 30.3 Å². The second-order valence-electron chi connectivity index (χ2n) is 3.97. The van der Waals surface area contributed by atoms with E-state index in [9.17, 15) is 12.8 Å². The van der Waals surface area contributed by atoms with Gasteiger partial charge in [0.1, 0.15) is 6.54 Å². The molecule has 0 amide bonds. The molecule has 0 bridgehead atoms. The molecule has 0 radical (unpaired) electrons. The molecule has 0 unspecified atom stereocenters. The third-order valence-corrected chi connectivity index (χ3v) is 7.56. The molecule has 0 N–H and O–H groups in total. The second-order valence-corrected chi connectivity index (χ2v) is 10.3. The van der Waals surface area contributed by atoms with Gasteiger partial charge in [0.2, 0.25) is 13.7 Å². The normalized spacial score (nSPS) is 13.1. The van der Waals surface area contributed by atoms with Crippen LogP contribution in [0.2, 0.25) is 0 Å². The molecule has 1 rings (SSSR count). The number of alkyl halides is 5. The van der Waals surface area contributed by atoms with E-state index in [2.05, 4.69) is 0 Å². The summed E-state index contributed by atoms with van der Waals surface area (Å²) >= 11 is 21.7. The molecule has 0 aliphatic heterocycles. The van der Waals surface area contributed by atoms with Crippen molar-refractivity contribution in [2.75, 3.05) is 6.54 Å². The van der Waals surface area contributed by atoms with Crippen LogP contribution in [0.4, 0.5) is 4.39 Å². The number of rotatable bonds is 7. The summed E-state index contributed by atoms with van der Waals surface area (Å²) < 4.78 is 33.1. The van der Waals surface area contributed by atoms with E-state index < -0.39 is 30.6 Å². The predicted molar refractivity (Wildman–Crippen MR) is 89.0 cm³/mol. The van der Waals surface area contributed by atoms with Crippen LogP contribution in [0.1, 0.15) is 5.56 Å². The lowest BCUT2D eigenvalue weighted by Crippen LogP contribution is -2.36. The zero-order chi connectivity index (χ0) is 17.0. The summed E-state index contributed by atoms with van der Waals surface area (Å²) in [4.78, 5) is 0. The molecule has 0 aromatic heterocycles. The molecule has 0 saturated carbocycles. The zero-order valence-electron chi connectivity index (χ0n) is 10.7. The van der Waals surface area contributed by atoms with Gasteiger partial charge in [-0.2, -0.15) is 5.26 Å². The number of halogens is 5. The second kappa shape index (κ2) is 7.75. The summed E-state index contributed by atoms with van der Waals surface area (Å²) in [6, 6.07) is 9.84. The summed E-state index contributed by atoms with van der Waals surface area (Å²) in [5, 5.41) is 8.75. The van der Waals surface area contributed by atoms with Gasteiger partial charge in [-0.3, -0.25) is 0 Å². The fraction of sp³-hybridized carbons (Fsp3) is 0.364. The van der Waals surface area contributed by atoms with Gasteiger partial charge in [0.25, 0.3) is 0 Å². The van der Waals surface area contributed by atoms with Crippen LogP contribution in [0.25, 0.3) is 0 Å². The van der Waals surface area contributed by atoms with Crippen LogP contribution >= 0.6 is 58.4 Å². The topological polar surface area (TPSA) is 61.2 Å². The molecule has 22 heavy (non-hydrogen) atoms. The highest BCUT2D eigenvalue weighted by Crippen LogP contribution is 2.53. The molecule has 0 heterocycles. The van der Waals surface area contributed by atoms with Crippen molar-refractivity contribution in [3.8, 4) is 6.07 Å². The maximum Gasteiger partial charge on any atom is 0.301 e. The largest absolute Gasteiger partial charge is 0.301 e. The Balaban J connectivity index is 3.02. The summed E-state index contributed by atoms with van der Waals surface area (Å²) in [6.07, 6.45) is 0. The van der Waals surface area contributed by atoms with Gasteiger partial charge in [-0.15, -0.1) is 3.71 Å². The van der Waals surface area contributed by atoms with Gasteiger partial charge in [0, 0.05) is 0 Å². The first-order valence-electron chi connectivity index (χ1n) is 5.54. The molecule has 122 valence electrons. The predicted octanol–water partition coefficient (Wildman–Crippen LogP) is 4.22. The lowest BCUT2D eigenvalue weighted by Gasteiger charge is -2.29. The molecular weight excluding hydrogens is 417 g/mol. The highest BCUT2D eigenvalue weighted by molar-refractivity contribution is 8.10. The first kappa shape index (κ1) is 20.1. The maximum absolute atomic E-state index is 13.5. The monoisotopic (exact) mass is 424 g/mol. The minimum absolute atomic E-state index is 0.120. The Morgan fingerprint density at radius 1 is 1.23 bits per heavy atom. The Hall–Kier alpha value is 0.0600. The van der Waals surface area contributed by atoms with Crippen LogP contribution in [-0.4, -0.2) is 26.9 Å². The maximum atomic E-state index is 13.5. The zero-order valence-corrected chi connectivity index (χ0v) is 15.4. The third-order valence-electron chi connectivity index (χ3n) is 2.25. The van der Waals surface area contributed by atoms with Gasteiger partial charge in [0.05, 0.1) is 11.8 Å². The Bertz CT molecular complexity index is 644. The smallest absolute Gasteiger partial charge is 0.211 e. The van der Waals surface area contributed by atoms with Crippen molar-refractivity contribution in [2.45, 2.75) is 14.0 Å². The molecule has 0 aliphatic carbocycles. The van der Waals surface area contributed by atoms with E-state index in [1.807, 2.05) is 0 Å². The molecule has 4 nitrogen and oxygen atoms in total. The molecule has 11 heteroatoms. The van der Waals surface area contributed by atoms with Crippen LogP contribution < -0.4 is 0 Å². The molecule has 1 aromatic rings. The summed E-state index contributed by atoms with van der Waals surface area (Å²) in [5.41, 5.74) is 0.476. The van der Waals surface area contributed by atoms with Crippen LogP contribution in [0.3, 0.4) is 0 Å².